The minimum atomic E-state index is -4.36. The van der Waals surface area contributed by atoms with Gasteiger partial charge in [0, 0.05) is 6.42 Å². The highest BCUT2D eigenvalue weighted by molar-refractivity contribution is 7.47. The molecule has 1 amide bonds. The number of likely N-dealkylation sites (N-methyl/N-ethyl adjacent to an activating group) is 1. The first-order valence-corrected chi connectivity index (χ1v) is 36.0. The van der Waals surface area contributed by atoms with E-state index in [9.17, 15) is 19.4 Å². The summed E-state index contributed by atoms with van der Waals surface area (Å²) in [4.78, 5) is 23.4. The Kier molecular flexibility index (Phi) is 59.8. The topological polar surface area (TPSA) is 105 Å². The van der Waals surface area contributed by atoms with Gasteiger partial charge >= 0.3 is 7.82 Å². The Bertz CT molecular complexity index is 1430. The van der Waals surface area contributed by atoms with Gasteiger partial charge in [-0.2, -0.15) is 0 Å². The van der Waals surface area contributed by atoms with Crippen LogP contribution in [0.25, 0.3) is 0 Å². The fourth-order valence-corrected chi connectivity index (χ4v) is 11.1. The monoisotopic (exact) mass is 1130 g/mol. The molecule has 0 aliphatic rings. The van der Waals surface area contributed by atoms with Gasteiger partial charge in [-0.3, -0.25) is 13.8 Å². The van der Waals surface area contributed by atoms with Crippen molar-refractivity contribution < 1.29 is 32.9 Å². The molecule has 0 radical (unpaired) electrons. The number of phosphoric ester groups is 1. The van der Waals surface area contributed by atoms with Crippen LogP contribution in [0.1, 0.15) is 341 Å². The second-order valence-corrected chi connectivity index (χ2v) is 26.4. The van der Waals surface area contributed by atoms with Crippen molar-refractivity contribution in [2.24, 2.45) is 0 Å². The lowest BCUT2D eigenvalue weighted by molar-refractivity contribution is -0.870. The van der Waals surface area contributed by atoms with E-state index in [-0.39, 0.29) is 19.1 Å². The molecule has 0 aromatic heterocycles. The second-order valence-electron chi connectivity index (χ2n) is 24.9. The molecule has 0 saturated heterocycles. The Morgan fingerprint density at radius 3 is 1.09 bits per heavy atom. The number of phosphoric acid groups is 1. The molecule has 0 saturated carbocycles. The van der Waals surface area contributed by atoms with Crippen LogP contribution in [0, 0.1) is 0 Å². The molecule has 466 valence electrons. The number of amides is 1. The standard InChI is InChI=1S/C70H135N2O6P/c1-6-8-10-12-14-16-18-20-22-24-26-28-30-32-33-34-35-36-37-38-39-40-42-44-46-48-50-52-54-56-58-60-62-64-70(74)71-68(67-78-79(75,76)77-66-65-72(3,4)5)69(73)63-61-59-57-55-53-51-49-47-45-43-41-31-29-27-25-23-21-19-17-15-13-11-9-7-2/h26,28,32-33,53,55,61,63,68-69,73H,6-25,27,29-31,34-52,54,56-60,62,64-67H2,1-5H3,(H-,71,74,75,76)/p+1/b28-26-,33-32-,55-53+,63-61+. The van der Waals surface area contributed by atoms with Crippen molar-refractivity contribution in [3.05, 3.63) is 48.6 Å². The molecule has 3 unspecified atom stereocenters. The van der Waals surface area contributed by atoms with E-state index < -0.39 is 20.0 Å². The van der Waals surface area contributed by atoms with Crippen LogP contribution in [-0.4, -0.2) is 73.4 Å². The number of carbonyl (C=O) groups is 1. The number of nitrogens with zero attached hydrogens (tertiary/aromatic N) is 1. The zero-order valence-electron chi connectivity index (χ0n) is 53.4. The number of aliphatic hydroxyl groups excluding tert-OH is 1. The van der Waals surface area contributed by atoms with Crippen LogP contribution in [0.15, 0.2) is 48.6 Å². The summed E-state index contributed by atoms with van der Waals surface area (Å²) in [5.74, 6) is -0.182. The Labute approximate surface area is 492 Å². The largest absolute Gasteiger partial charge is 0.472 e. The molecule has 0 aromatic rings. The summed E-state index contributed by atoms with van der Waals surface area (Å²) in [5, 5.41) is 14.0. The maximum Gasteiger partial charge on any atom is 0.472 e. The second kappa shape index (κ2) is 61.0. The van der Waals surface area contributed by atoms with E-state index in [1.807, 2.05) is 27.2 Å². The molecule has 0 rings (SSSR count). The Morgan fingerprint density at radius 1 is 0.430 bits per heavy atom. The number of allylic oxidation sites excluding steroid dienone is 7. The van der Waals surface area contributed by atoms with E-state index in [1.54, 1.807) is 6.08 Å². The summed E-state index contributed by atoms with van der Waals surface area (Å²) in [7, 11) is 1.57. The molecule has 8 nitrogen and oxygen atoms in total. The van der Waals surface area contributed by atoms with Gasteiger partial charge < -0.3 is 19.8 Å². The van der Waals surface area contributed by atoms with E-state index in [4.69, 9.17) is 9.05 Å². The first-order chi connectivity index (χ1) is 38.5. The predicted molar refractivity (Wildman–Crippen MR) is 346 cm³/mol. The zero-order chi connectivity index (χ0) is 57.7. The normalized spacial score (nSPS) is 14.0. The van der Waals surface area contributed by atoms with Crippen molar-refractivity contribution in [1.29, 1.82) is 0 Å². The molecule has 0 fully saturated rings. The van der Waals surface area contributed by atoms with Gasteiger partial charge in [-0.25, -0.2) is 4.57 Å². The van der Waals surface area contributed by atoms with Crippen molar-refractivity contribution in [3.63, 3.8) is 0 Å². The smallest absolute Gasteiger partial charge is 0.387 e. The number of quaternary nitrogens is 1. The van der Waals surface area contributed by atoms with Crippen molar-refractivity contribution in [2.45, 2.75) is 353 Å². The number of nitrogens with one attached hydrogen (secondary N) is 1. The summed E-state index contributed by atoms with van der Waals surface area (Å²) in [6, 6.07) is -0.865. The van der Waals surface area contributed by atoms with Gasteiger partial charge in [0.1, 0.15) is 13.2 Å². The molecule has 0 heterocycles. The fraction of sp³-hybridized carbons (Fsp3) is 0.871. The maximum atomic E-state index is 13.0. The van der Waals surface area contributed by atoms with Crippen LogP contribution < -0.4 is 5.32 Å². The number of hydrogen-bond acceptors (Lipinski definition) is 5. The number of unbranched alkanes of at least 4 members (excludes halogenated alkanes) is 45. The van der Waals surface area contributed by atoms with E-state index in [1.165, 1.54) is 276 Å². The lowest BCUT2D eigenvalue weighted by Crippen LogP contribution is -2.45. The third kappa shape index (κ3) is 63.9. The van der Waals surface area contributed by atoms with Gasteiger partial charge in [0.2, 0.25) is 5.91 Å². The third-order valence-electron chi connectivity index (χ3n) is 15.8. The predicted octanol–water partition coefficient (Wildman–Crippen LogP) is 21.8. The van der Waals surface area contributed by atoms with E-state index >= 15 is 0 Å². The van der Waals surface area contributed by atoms with Crippen LogP contribution in [0.2, 0.25) is 0 Å². The van der Waals surface area contributed by atoms with Crippen molar-refractivity contribution in [2.75, 3.05) is 40.9 Å². The summed E-state index contributed by atoms with van der Waals surface area (Å²) in [6.07, 6.45) is 82.6. The van der Waals surface area contributed by atoms with E-state index in [0.717, 1.165) is 44.9 Å². The molecule has 79 heavy (non-hydrogen) atoms. The minimum absolute atomic E-state index is 0.0568. The Hall–Kier alpha value is -1.54. The summed E-state index contributed by atoms with van der Waals surface area (Å²) < 4.78 is 23.8. The van der Waals surface area contributed by atoms with E-state index in [2.05, 4.69) is 55.6 Å². The lowest BCUT2D eigenvalue weighted by Gasteiger charge is -2.25. The number of hydrogen-bond donors (Lipinski definition) is 3. The van der Waals surface area contributed by atoms with Crippen molar-refractivity contribution in [1.82, 2.24) is 5.32 Å². The van der Waals surface area contributed by atoms with E-state index in [0.29, 0.717) is 17.4 Å². The van der Waals surface area contributed by atoms with Crippen LogP contribution >= 0.6 is 7.82 Å². The molecular weight excluding hydrogens is 996 g/mol. The average Bonchev–Trinajstić information content (AvgIpc) is 3.42. The van der Waals surface area contributed by atoms with Crippen LogP contribution in [-0.2, 0) is 18.4 Å². The summed E-state index contributed by atoms with van der Waals surface area (Å²) >= 11 is 0. The Balaban J connectivity index is 4.08. The van der Waals surface area contributed by atoms with Crippen molar-refractivity contribution >= 4 is 13.7 Å². The highest BCUT2D eigenvalue weighted by atomic mass is 31.2. The molecule has 9 heteroatoms. The highest BCUT2D eigenvalue weighted by Gasteiger charge is 2.28. The third-order valence-corrected chi connectivity index (χ3v) is 16.8. The van der Waals surface area contributed by atoms with Gasteiger partial charge in [0.15, 0.2) is 0 Å². The van der Waals surface area contributed by atoms with Gasteiger partial charge in [0.25, 0.3) is 0 Å². The van der Waals surface area contributed by atoms with Crippen LogP contribution in [0.4, 0.5) is 0 Å². The first-order valence-electron chi connectivity index (χ1n) is 34.5. The molecule has 0 aromatic carbocycles. The molecule has 3 N–H and O–H groups in total. The molecular formula is C70H136N2O6P+. The molecule has 3 atom stereocenters. The average molecular weight is 1130 g/mol. The summed E-state index contributed by atoms with van der Waals surface area (Å²) in [6.45, 7) is 4.84. The van der Waals surface area contributed by atoms with Crippen molar-refractivity contribution in [3.8, 4) is 0 Å². The molecule has 0 aliphatic heterocycles. The minimum Gasteiger partial charge on any atom is -0.387 e. The number of carbonyl (C=O) groups excluding carboxylic acids is 1. The quantitative estimate of drug-likeness (QED) is 0.0243. The first kappa shape index (κ1) is 77.5. The van der Waals surface area contributed by atoms with Gasteiger partial charge in [-0.15, -0.1) is 0 Å². The SMILES string of the molecule is CCCCCCCCCCC/C=C\C/C=C\CCCCCCCCCCCCCCCCCCCC(=O)NC(COP(=O)(O)OCC[N+](C)(C)C)C(O)/C=C/CC/C=C/CCCCCCCCCCCCCCCCCCCC. The van der Waals surface area contributed by atoms with Gasteiger partial charge in [-0.1, -0.05) is 319 Å². The molecule has 0 bridgehead atoms. The number of aliphatic hydroxyl groups is 1. The fourth-order valence-electron chi connectivity index (χ4n) is 10.4. The van der Waals surface area contributed by atoms with Crippen LogP contribution in [0.5, 0.6) is 0 Å². The van der Waals surface area contributed by atoms with Crippen LogP contribution in [0.3, 0.4) is 0 Å². The molecule has 0 spiro atoms. The summed E-state index contributed by atoms with van der Waals surface area (Å²) in [5.41, 5.74) is 0. The highest BCUT2D eigenvalue weighted by Crippen LogP contribution is 2.43. The lowest BCUT2D eigenvalue weighted by atomic mass is 10.0. The Morgan fingerprint density at radius 2 is 0.734 bits per heavy atom. The molecule has 0 aliphatic carbocycles. The van der Waals surface area contributed by atoms with Gasteiger partial charge in [-0.05, 0) is 64.2 Å². The number of rotatable bonds is 64. The zero-order valence-corrected chi connectivity index (χ0v) is 54.3. The van der Waals surface area contributed by atoms with Gasteiger partial charge in [0.05, 0.1) is 39.9 Å². The maximum absolute atomic E-state index is 13.0.